The molecule has 3 heterocycles. The monoisotopic (exact) mass is 454 g/mol. The van der Waals surface area contributed by atoms with E-state index in [2.05, 4.69) is 24.8 Å². The molecule has 0 saturated carbocycles. The standard InChI is InChI=1S/C23H20F2N4O4/c24-23(25)32-17-4-1-15(2-5-17)16-3-6-19-18(13-16)22(28-33-19)31-14-20-26-8-7-21(27-20)29-9-11-30-12-10-29/h1-8,13,23H,9-12,14H2. The molecule has 0 N–H and O–H groups in total. The smallest absolute Gasteiger partial charge is 0.387 e. The van der Waals surface area contributed by atoms with Gasteiger partial charge in [-0.05, 0) is 46.6 Å². The highest BCUT2D eigenvalue weighted by Crippen LogP contribution is 2.31. The Balaban J connectivity index is 1.32. The largest absolute Gasteiger partial charge is 0.467 e. The highest BCUT2D eigenvalue weighted by molar-refractivity contribution is 5.87. The van der Waals surface area contributed by atoms with E-state index in [0.29, 0.717) is 35.9 Å². The van der Waals surface area contributed by atoms with Gasteiger partial charge in [0.1, 0.15) is 18.2 Å². The predicted molar refractivity (Wildman–Crippen MR) is 115 cm³/mol. The quantitative estimate of drug-likeness (QED) is 0.409. The Morgan fingerprint density at radius 2 is 1.79 bits per heavy atom. The van der Waals surface area contributed by atoms with E-state index < -0.39 is 6.61 Å². The molecule has 33 heavy (non-hydrogen) atoms. The third-order valence-electron chi connectivity index (χ3n) is 5.21. The fraction of sp³-hybridized carbons (Fsp3) is 0.261. The van der Waals surface area contributed by atoms with Gasteiger partial charge < -0.3 is 23.6 Å². The molecule has 8 nitrogen and oxygen atoms in total. The number of hydrogen-bond acceptors (Lipinski definition) is 8. The molecule has 1 fully saturated rings. The second-order valence-electron chi connectivity index (χ2n) is 7.32. The van der Waals surface area contributed by atoms with Gasteiger partial charge in [0.25, 0.3) is 5.88 Å². The van der Waals surface area contributed by atoms with Gasteiger partial charge in [-0.3, -0.25) is 0 Å². The van der Waals surface area contributed by atoms with Crippen LogP contribution in [0.5, 0.6) is 11.6 Å². The maximum absolute atomic E-state index is 12.4. The molecule has 2 aromatic carbocycles. The number of hydrogen-bond donors (Lipinski definition) is 0. The van der Waals surface area contributed by atoms with Gasteiger partial charge in [0.05, 0.1) is 18.6 Å². The number of halogens is 2. The summed E-state index contributed by atoms with van der Waals surface area (Å²) in [6, 6.07) is 13.8. The van der Waals surface area contributed by atoms with Crippen LogP contribution in [-0.4, -0.2) is 48.0 Å². The number of benzene rings is 2. The molecule has 10 heteroatoms. The molecule has 1 aliphatic heterocycles. The van der Waals surface area contributed by atoms with E-state index in [-0.39, 0.29) is 12.4 Å². The van der Waals surface area contributed by atoms with Crippen LogP contribution in [0.25, 0.3) is 22.1 Å². The van der Waals surface area contributed by atoms with E-state index in [4.69, 9.17) is 14.0 Å². The summed E-state index contributed by atoms with van der Waals surface area (Å²) in [5.41, 5.74) is 2.24. The summed E-state index contributed by atoms with van der Waals surface area (Å²) in [6.45, 7) is 0.175. The van der Waals surface area contributed by atoms with Crippen molar-refractivity contribution in [3.05, 3.63) is 60.6 Å². The molecular formula is C23H20F2N4O4. The van der Waals surface area contributed by atoms with Crippen LogP contribution in [-0.2, 0) is 11.3 Å². The van der Waals surface area contributed by atoms with Crippen molar-refractivity contribution in [1.82, 2.24) is 15.1 Å². The van der Waals surface area contributed by atoms with Gasteiger partial charge in [-0.1, -0.05) is 18.2 Å². The zero-order valence-corrected chi connectivity index (χ0v) is 17.5. The molecule has 1 aliphatic rings. The molecular weight excluding hydrogens is 434 g/mol. The van der Waals surface area contributed by atoms with E-state index >= 15 is 0 Å². The molecule has 170 valence electrons. The number of ether oxygens (including phenoxy) is 3. The van der Waals surface area contributed by atoms with Crippen molar-refractivity contribution in [2.24, 2.45) is 0 Å². The molecule has 0 unspecified atom stereocenters. The van der Waals surface area contributed by atoms with Gasteiger partial charge in [-0.2, -0.15) is 8.78 Å². The molecule has 0 spiro atoms. The summed E-state index contributed by atoms with van der Waals surface area (Å²) in [5.74, 6) is 1.78. The van der Waals surface area contributed by atoms with Gasteiger partial charge in [-0.25, -0.2) is 9.97 Å². The lowest BCUT2D eigenvalue weighted by atomic mass is 10.0. The lowest BCUT2D eigenvalue weighted by Gasteiger charge is -2.27. The van der Waals surface area contributed by atoms with Crippen molar-refractivity contribution in [1.29, 1.82) is 0 Å². The Labute approximate surface area is 187 Å². The van der Waals surface area contributed by atoms with Gasteiger partial charge in [0.2, 0.25) is 0 Å². The van der Waals surface area contributed by atoms with Gasteiger partial charge in [0.15, 0.2) is 11.4 Å². The van der Waals surface area contributed by atoms with Crippen LogP contribution in [0.3, 0.4) is 0 Å². The first-order chi connectivity index (χ1) is 16.2. The second kappa shape index (κ2) is 9.37. The summed E-state index contributed by atoms with van der Waals surface area (Å²) in [7, 11) is 0. The zero-order valence-electron chi connectivity index (χ0n) is 17.5. The van der Waals surface area contributed by atoms with Crippen molar-refractivity contribution in [3.8, 4) is 22.8 Å². The summed E-state index contributed by atoms with van der Waals surface area (Å²) < 4.78 is 45.8. The first-order valence-electron chi connectivity index (χ1n) is 10.4. The number of rotatable bonds is 7. The molecule has 0 aliphatic carbocycles. The lowest BCUT2D eigenvalue weighted by Crippen LogP contribution is -2.36. The predicted octanol–water partition coefficient (Wildman–Crippen LogP) is 4.30. The van der Waals surface area contributed by atoms with Crippen LogP contribution in [0.1, 0.15) is 5.82 Å². The Bertz CT molecular complexity index is 1230. The zero-order chi connectivity index (χ0) is 22.6. The van der Waals surface area contributed by atoms with Gasteiger partial charge in [0, 0.05) is 19.3 Å². The Morgan fingerprint density at radius 3 is 2.58 bits per heavy atom. The minimum atomic E-state index is -2.86. The van der Waals surface area contributed by atoms with Crippen LogP contribution in [0, 0.1) is 0 Å². The number of morpholine rings is 1. The number of anilines is 1. The number of alkyl halides is 2. The van der Waals surface area contributed by atoms with Crippen molar-refractivity contribution in [2.75, 3.05) is 31.2 Å². The van der Waals surface area contributed by atoms with Crippen LogP contribution in [0.2, 0.25) is 0 Å². The summed E-state index contributed by atoms with van der Waals surface area (Å²) in [4.78, 5) is 11.0. The molecule has 0 radical (unpaired) electrons. The molecule has 1 saturated heterocycles. The second-order valence-corrected chi connectivity index (χ2v) is 7.32. The molecule has 2 aromatic heterocycles. The van der Waals surface area contributed by atoms with Crippen molar-refractivity contribution < 1.29 is 27.5 Å². The topological polar surface area (TPSA) is 82.7 Å². The first-order valence-corrected chi connectivity index (χ1v) is 10.4. The van der Waals surface area contributed by atoms with E-state index in [1.807, 2.05) is 18.2 Å². The fourth-order valence-corrected chi connectivity index (χ4v) is 3.59. The Morgan fingerprint density at radius 1 is 1.00 bits per heavy atom. The van der Waals surface area contributed by atoms with E-state index in [1.54, 1.807) is 24.4 Å². The highest BCUT2D eigenvalue weighted by Gasteiger charge is 2.15. The fourth-order valence-electron chi connectivity index (χ4n) is 3.59. The Kier molecular flexibility index (Phi) is 5.99. The summed E-state index contributed by atoms with van der Waals surface area (Å²) >= 11 is 0. The summed E-state index contributed by atoms with van der Waals surface area (Å²) in [5, 5.41) is 4.71. The van der Waals surface area contributed by atoms with Gasteiger partial charge in [-0.15, -0.1) is 0 Å². The minimum absolute atomic E-state index is 0.100. The SMILES string of the molecule is FC(F)Oc1ccc(-c2ccc3onc(OCc4nccc(N5CCOCC5)n4)c3c2)cc1. The van der Waals surface area contributed by atoms with E-state index in [1.165, 1.54) is 12.1 Å². The van der Waals surface area contributed by atoms with Crippen LogP contribution in [0.15, 0.2) is 59.3 Å². The molecule has 0 bridgehead atoms. The average molecular weight is 454 g/mol. The highest BCUT2D eigenvalue weighted by atomic mass is 19.3. The number of aromatic nitrogens is 3. The number of fused-ring (bicyclic) bond motifs is 1. The molecule has 4 aromatic rings. The van der Waals surface area contributed by atoms with Crippen molar-refractivity contribution in [3.63, 3.8) is 0 Å². The molecule has 0 atom stereocenters. The minimum Gasteiger partial charge on any atom is -0.467 e. The van der Waals surface area contributed by atoms with Gasteiger partial charge >= 0.3 is 6.61 Å². The van der Waals surface area contributed by atoms with E-state index in [9.17, 15) is 8.78 Å². The Hall–Kier alpha value is -3.79. The average Bonchev–Trinajstić information content (AvgIpc) is 3.26. The van der Waals surface area contributed by atoms with Crippen LogP contribution in [0.4, 0.5) is 14.6 Å². The molecule has 0 amide bonds. The van der Waals surface area contributed by atoms with Crippen molar-refractivity contribution in [2.45, 2.75) is 13.2 Å². The normalized spacial score (nSPS) is 14.1. The molecule has 5 rings (SSSR count). The maximum Gasteiger partial charge on any atom is 0.387 e. The third-order valence-corrected chi connectivity index (χ3v) is 5.21. The number of nitrogens with zero attached hydrogens (tertiary/aromatic N) is 4. The first kappa shape index (κ1) is 21.1. The maximum atomic E-state index is 12.4. The third kappa shape index (κ3) is 4.85. The summed E-state index contributed by atoms with van der Waals surface area (Å²) in [6.07, 6.45) is 1.71. The van der Waals surface area contributed by atoms with E-state index in [0.717, 1.165) is 30.0 Å². The van der Waals surface area contributed by atoms with Crippen LogP contribution >= 0.6 is 0 Å². The van der Waals surface area contributed by atoms with Crippen molar-refractivity contribution >= 4 is 16.8 Å². The lowest BCUT2D eigenvalue weighted by molar-refractivity contribution is -0.0498. The van der Waals surface area contributed by atoms with Crippen LogP contribution < -0.4 is 14.4 Å².